The Morgan fingerprint density at radius 1 is 1.17 bits per heavy atom. The SMILES string of the molecule is CC(=O)Oc1cccc2cn(-c3ccc(CN(C)C)cc3)nc12. The lowest BCUT2D eigenvalue weighted by atomic mass is 10.2. The fourth-order valence-electron chi connectivity index (χ4n) is 2.51. The van der Waals surface area contributed by atoms with E-state index in [2.05, 4.69) is 22.1 Å². The monoisotopic (exact) mass is 309 g/mol. The Kier molecular flexibility index (Phi) is 4.12. The number of benzene rings is 2. The molecule has 118 valence electrons. The summed E-state index contributed by atoms with van der Waals surface area (Å²) in [4.78, 5) is 13.3. The first-order valence-electron chi connectivity index (χ1n) is 7.44. The van der Waals surface area contributed by atoms with Crippen LogP contribution in [0.5, 0.6) is 5.75 Å². The Morgan fingerprint density at radius 2 is 1.91 bits per heavy atom. The fraction of sp³-hybridized carbons (Fsp3) is 0.222. The van der Waals surface area contributed by atoms with Crippen LogP contribution < -0.4 is 4.74 Å². The van der Waals surface area contributed by atoms with Gasteiger partial charge in [-0.05, 0) is 37.9 Å². The molecule has 3 aromatic rings. The van der Waals surface area contributed by atoms with Crippen molar-refractivity contribution in [2.45, 2.75) is 13.5 Å². The zero-order chi connectivity index (χ0) is 16.4. The summed E-state index contributed by atoms with van der Waals surface area (Å²) in [6.07, 6.45) is 1.93. The Balaban J connectivity index is 1.95. The Morgan fingerprint density at radius 3 is 2.57 bits per heavy atom. The summed E-state index contributed by atoms with van der Waals surface area (Å²) in [5, 5.41) is 5.49. The van der Waals surface area contributed by atoms with Crippen molar-refractivity contribution in [2.75, 3.05) is 14.1 Å². The van der Waals surface area contributed by atoms with Crippen LogP contribution in [-0.4, -0.2) is 34.7 Å². The molecule has 0 amide bonds. The van der Waals surface area contributed by atoms with E-state index in [0.29, 0.717) is 11.3 Å². The Bertz CT molecular complexity index is 835. The van der Waals surface area contributed by atoms with Crippen LogP contribution >= 0.6 is 0 Å². The molecule has 0 aliphatic carbocycles. The smallest absolute Gasteiger partial charge is 0.308 e. The largest absolute Gasteiger partial charge is 0.424 e. The molecule has 0 bridgehead atoms. The maximum atomic E-state index is 11.2. The van der Waals surface area contributed by atoms with Crippen molar-refractivity contribution in [2.24, 2.45) is 0 Å². The number of rotatable bonds is 4. The fourth-order valence-corrected chi connectivity index (χ4v) is 2.51. The van der Waals surface area contributed by atoms with Crippen LogP contribution in [0.2, 0.25) is 0 Å². The third kappa shape index (κ3) is 3.40. The number of hydrogen-bond donors (Lipinski definition) is 0. The van der Waals surface area contributed by atoms with Gasteiger partial charge in [0.15, 0.2) is 5.75 Å². The van der Waals surface area contributed by atoms with Gasteiger partial charge < -0.3 is 9.64 Å². The highest BCUT2D eigenvalue weighted by Gasteiger charge is 2.10. The third-order valence-corrected chi connectivity index (χ3v) is 3.45. The molecular weight excluding hydrogens is 290 g/mol. The van der Waals surface area contributed by atoms with Crippen LogP contribution in [0.25, 0.3) is 16.6 Å². The quantitative estimate of drug-likeness (QED) is 0.549. The van der Waals surface area contributed by atoms with Crippen LogP contribution in [0.4, 0.5) is 0 Å². The van der Waals surface area contributed by atoms with Gasteiger partial charge in [0.2, 0.25) is 0 Å². The first kappa shape index (κ1) is 15.2. The van der Waals surface area contributed by atoms with Crippen molar-refractivity contribution in [3.05, 3.63) is 54.2 Å². The lowest BCUT2D eigenvalue weighted by Gasteiger charge is -2.10. The van der Waals surface area contributed by atoms with Crippen LogP contribution in [0.3, 0.4) is 0 Å². The first-order chi connectivity index (χ1) is 11.0. The summed E-state index contributed by atoms with van der Waals surface area (Å²) in [5.74, 6) is 0.137. The molecule has 0 fully saturated rings. The molecule has 0 saturated carbocycles. The number of carbonyl (C=O) groups excluding carboxylic acids is 1. The summed E-state index contributed by atoms with van der Waals surface area (Å²) in [7, 11) is 4.09. The van der Waals surface area contributed by atoms with E-state index in [1.54, 1.807) is 10.7 Å². The highest BCUT2D eigenvalue weighted by Crippen LogP contribution is 2.25. The number of fused-ring (bicyclic) bond motifs is 1. The minimum absolute atomic E-state index is 0.347. The lowest BCUT2D eigenvalue weighted by molar-refractivity contribution is -0.131. The number of hydrogen-bond acceptors (Lipinski definition) is 4. The van der Waals surface area contributed by atoms with E-state index in [0.717, 1.165) is 17.6 Å². The Labute approximate surface area is 135 Å². The van der Waals surface area contributed by atoms with Crippen molar-refractivity contribution in [1.29, 1.82) is 0 Å². The van der Waals surface area contributed by atoms with Crippen LogP contribution in [0.1, 0.15) is 12.5 Å². The van der Waals surface area contributed by atoms with E-state index < -0.39 is 0 Å². The van der Waals surface area contributed by atoms with E-state index in [1.807, 2.05) is 44.6 Å². The number of carbonyl (C=O) groups is 1. The number of ether oxygens (including phenoxy) is 1. The summed E-state index contributed by atoms with van der Waals surface area (Å²) >= 11 is 0. The minimum atomic E-state index is -0.347. The summed E-state index contributed by atoms with van der Waals surface area (Å²) < 4.78 is 7.02. The topological polar surface area (TPSA) is 47.4 Å². The van der Waals surface area contributed by atoms with Crippen molar-refractivity contribution >= 4 is 16.9 Å². The zero-order valence-electron chi connectivity index (χ0n) is 13.5. The number of esters is 1. The molecule has 0 N–H and O–H groups in total. The Hall–Kier alpha value is -2.66. The molecule has 5 heteroatoms. The van der Waals surface area contributed by atoms with Gasteiger partial charge in [-0.3, -0.25) is 4.79 Å². The van der Waals surface area contributed by atoms with Crippen molar-refractivity contribution < 1.29 is 9.53 Å². The van der Waals surface area contributed by atoms with E-state index in [-0.39, 0.29) is 5.97 Å². The van der Waals surface area contributed by atoms with Gasteiger partial charge in [-0.15, -0.1) is 0 Å². The van der Waals surface area contributed by atoms with Gasteiger partial charge in [0.1, 0.15) is 5.52 Å². The molecule has 0 atom stereocenters. The predicted octanol–water partition coefficient (Wildman–Crippen LogP) is 3.01. The van der Waals surface area contributed by atoms with Crippen molar-refractivity contribution in [3.63, 3.8) is 0 Å². The molecule has 5 nitrogen and oxygen atoms in total. The standard InChI is InChI=1S/C18H19N3O2/c1-13(22)23-17-6-4-5-15-12-21(19-18(15)17)16-9-7-14(8-10-16)11-20(2)3/h4-10,12H,11H2,1-3H3. The van der Waals surface area contributed by atoms with Gasteiger partial charge in [-0.2, -0.15) is 5.10 Å². The van der Waals surface area contributed by atoms with Crippen molar-refractivity contribution in [3.8, 4) is 11.4 Å². The average molecular weight is 309 g/mol. The average Bonchev–Trinajstić information content (AvgIpc) is 2.92. The molecule has 0 saturated heterocycles. The molecule has 0 aliphatic heterocycles. The molecule has 0 spiro atoms. The van der Waals surface area contributed by atoms with Gasteiger partial charge in [0.25, 0.3) is 0 Å². The van der Waals surface area contributed by atoms with E-state index in [1.165, 1.54) is 12.5 Å². The molecule has 23 heavy (non-hydrogen) atoms. The molecular formula is C18H19N3O2. The van der Waals surface area contributed by atoms with Gasteiger partial charge in [-0.1, -0.05) is 24.3 Å². The molecule has 0 unspecified atom stereocenters. The zero-order valence-corrected chi connectivity index (χ0v) is 13.5. The highest BCUT2D eigenvalue weighted by molar-refractivity contribution is 5.86. The maximum absolute atomic E-state index is 11.2. The minimum Gasteiger partial charge on any atom is -0.424 e. The van der Waals surface area contributed by atoms with Gasteiger partial charge in [0.05, 0.1) is 5.69 Å². The van der Waals surface area contributed by atoms with E-state index >= 15 is 0 Å². The highest BCUT2D eigenvalue weighted by atomic mass is 16.5. The van der Waals surface area contributed by atoms with Crippen LogP contribution in [0.15, 0.2) is 48.7 Å². The van der Waals surface area contributed by atoms with Crippen molar-refractivity contribution in [1.82, 2.24) is 14.7 Å². The molecule has 2 aromatic carbocycles. The summed E-state index contributed by atoms with van der Waals surface area (Å²) in [6.45, 7) is 2.29. The van der Waals surface area contributed by atoms with Crippen LogP contribution in [0, 0.1) is 0 Å². The number of aromatic nitrogens is 2. The van der Waals surface area contributed by atoms with Gasteiger partial charge in [-0.25, -0.2) is 4.68 Å². The number of nitrogens with zero attached hydrogens (tertiary/aromatic N) is 3. The molecule has 1 heterocycles. The molecule has 0 radical (unpaired) electrons. The first-order valence-corrected chi connectivity index (χ1v) is 7.44. The molecule has 0 aliphatic rings. The summed E-state index contributed by atoms with van der Waals surface area (Å²) in [6, 6.07) is 13.8. The van der Waals surface area contributed by atoms with Crippen LogP contribution in [-0.2, 0) is 11.3 Å². The normalized spacial score (nSPS) is 11.1. The molecule has 3 rings (SSSR count). The second-order valence-electron chi connectivity index (χ2n) is 5.77. The lowest BCUT2D eigenvalue weighted by Crippen LogP contribution is -2.10. The van der Waals surface area contributed by atoms with E-state index in [4.69, 9.17) is 4.74 Å². The van der Waals surface area contributed by atoms with Gasteiger partial charge >= 0.3 is 5.97 Å². The second-order valence-corrected chi connectivity index (χ2v) is 5.77. The third-order valence-electron chi connectivity index (χ3n) is 3.45. The van der Waals surface area contributed by atoms with Gasteiger partial charge in [0, 0.05) is 25.1 Å². The predicted molar refractivity (Wildman–Crippen MR) is 89.8 cm³/mol. The molecule has 1 aromatic heterocycles. The maximum Gasteiger partial charge on any atom is 0.308 e. The second kappa shape index (κ2) is 6.22. The summed E-state index contributed by atoms with van der Waals surface area (Å²) in [5.41, 5.74) is 2.90. The van der Waals surface area contributed by atoms with E-state index in [9.17, 15) is 4.79 Å².